The second kappa shape index (κ2) is 8.74. The molecule has 1 heterocycles. The van der Waals surface area contributed by atoms with Gasteiger partial charge in [-0.05, 0) is 59.3 Å². The molecule has 0 bridgehead atoms. The molecule has 0 aromatic rings. The van der Waals surface area contributed by atoms with E-state index in [1.165, 1.54) is 38.9 Å². The summed E-state index contributed by atoms with van der Waals surface area (Å²) in [5.74, 6) is 0. The maximum Gasteiger partial charge on any atom is 0.0458 e. The Morgan fingerprint density at radius 2 is 2.06 bits per heavy atom. The number of likely N-dealkylation sites (tertiary alicyclic amines) is 1. The molecule has 3 heteroatoms. The van der Waals surface area contributed by atoms with Gasteiger partial charge in [0.25, 0.3) is 0 Å². The molecule has 94 valence electrons. The summed E-state index contributed by atoms with van der Waals surface area (Å²) in [6.07, 6.45) is 8.32. The highest BCUT2D eigenvalue weighted by atomic mass is 15.1. The normalized spacial score (nSPS) is 19.6. The third kappa shape index (κ3) is 6.26. The van der Waals surface area contributed by atoms with Crippen molar-refractivity contribution in [3.8, 4) is 0 Å². The van der Waals surface area contributed by atoms with Crippen molar-refractivity contribution in [3.63, 3.8) is 0 Å². The highest BCUT2D eigenvalue weighted by molar-refractivity contribution is 4.87. The van der Waals surface area contributed by atoms with Crippen LogP contribution in [0.2, 0.25) is 0 Å². The fraction of sp³-hybridized carbons (Fsp3) is 0.846. The minimum Gasteiger partial charge on any atom is -0.304 e. The van der Waals surface area contributed by atoms with Crippen molar-refractivity contribution in [2.75, 3.05) is 32.8 Å². The Kier molecular flexibility index (Phi) is 7.47. The van der Waals surface area contributed by atoms with E-state index < -0.39 is 0 Å². The molecule has 0 aromatic heterocycles. The molecule has 1 aliphatic heterocycles. The Bertz CT molecular complexity index is 186. The SMILES string of the molecule is C/C=C\C(C)NCNCCCN1CCCC1. The molecule has 0 radical (unpaired) electrons. The van der Waals surface area contributed by atoms with E-state index in [0.717, 1.165) is 13.2 Å². The van der Waals surface area contributed by atoms with Crippen molar-refractivity contribution < 1.29 is 0 Å². The quantitative estimate of drug-likeness (QED) is 0.373. The number of nitrogens with one attached hydrogen (secondary N) is 2. The number of hydrogen-bond donors (Lipinski definition) is 2. The monoisotopic (exact) mass is 225 g/mol. The minimum atomic E-state index is 0.469. The Hall–Kier alpha value is -0.380. The van der Waals surface area contributed by atoms with Crippen molar-refractivity contribution in [1.29, 1.82) is 0 Å². The number of rotatable bonds is 8. The predicted molar refractivity (Wildman–Crippen MR) is 70.6 cm³/mol. The van der Waals surface area contributed by atoms with E-state index in [1.807, 2.05) is 0 Å². The number of allylic oxidation sites excluding steroid dienone is 1. The fourth-order valence-corrected chi connectivity index (χ4v) is 2.11. The average molecular weight is 225 g/mol. The van der Waals surface area contributed by atoms with Crippen LogP contribution in [0.3, 0.4) is 0 Å². The molecule has 16 heavy (non-hydrogen) atoms. The van der Waals surface area contributed by atoms with E-state index in [9.17, 15) is 0 Å². The topological polar surface area (TPSA) is 27.3 Å². The third-order valence-electron chi connectivity index (χ3n) is 3.06. The maximum atomic E-state index is 3.43. The molecule has 1 fully saturated rings. The van der Waals surface area contributed by atoms with Crippen molar-refractivity contribution >= 4 is 0 Å². The van der Waals surface area contributed by atoms with Crippen LogP contribution >= 0.6 is 0 Å². The maximum absolute atomic E-state index is 3.43. The molecule has 0 amide bonds. The molecule has 1 rings (SSSR count). The molecule has 0 aliphatic carbocycles. The predicted octanol–water partition coefficient (Wildman–Crippen LogP) is 1.57. The van der Waals surface area contributed by atoms with Crippen LogP contribution in [0.25, 0.3) is 0 Å². The summed E-state index contributed by atoms with van der Waals surface area (Å²) >= 11 is 0. The molecule has 0 spiro atoms. The summed E-state index contributed by atoms with van der Waals surface area (Å²) in [6, 6.07) is 0.469. The lowest BCUT2D eigenvalue weighted by atomic mass is 10.3. The zero-order chi connectivity index (χ0) is 11.6. The molecular weight excluding hydrogens is 198 g/mol. The van der Waals surface area contributed by atoms with Crippen LogP contribution < -0.4 is 10.6 Å². The van der Waals surface area contributed by atoms with Gasteiger partial charge in [-0.25, -0.2) is 0 Å². The van der Waals surface area contributed by atoms with Gasteiger partial charge in [0.05, 0.1) is 0 Å². The molecule has 2 N–H and O–H groups in total. The van der Waals surface area contributed by atoms with E-state index in [1.54, 1.807) is 0 Å². The molecule has 1 aliphatic rings. The van der Waals surface area contributed by atoms with Gasteiger partial charge in [0.1, 0.15) is 0 Å². The zero-order valence-electron chi connectivity index (χ0n) is 10.8. The van der Waals surface area contributed by atoms with Gasteiger partial charge in [0.2, 0.25) is 0 Å². The summed E-state index contributed by atoms with van der Waals surface area (Å²) in [6.45, 7) is 10.1. The van der Waals surface area contributed by atoms with E-state index in [-0.39, 0.29) is 0 Å². The smallest absolute Gasteiger partial charge is 0.0458 e. The van der Waals surface area contributed by atoms with Gasteiger partial charge in [0, 0.05) is 12.7 Å². The Balaban J connectivity index is 1.84. The largest absolute Gasteiger partial charge is 0.304 e. The average Bonchev–Trinajstić information content (AvgIpc) is 2.76. The van der Waals surface area contributed by atoms with Gasteiger partial charge in [-0.2, -0.15) is 0 Å². The first-order chi connectivity index (χ1) is 7.83. The lowest BCUT2D eigenvalue weighted by molar-refractivity contribution is 0.330. The molecular formula is C13H27N3. The van der Waals surface area contributed by atoms with Crippen LogP contribution in [0, 0.1) is 0 Å². The van der Waals surface area contributed by atoms with Gasteiger partial charge >= 0.3 is 0 Å². The van der Waals surface area contributed by atoms with E-state index in [2.05, 4.69) is 41.5 Å². The summed E-state index contributed by atoms with van der Waals surface area (Å²) in [7, 11) is 0. The summed E-state index contributed by atoms with van der Waals surface area (Å²) in [5, 5.41) is 6.83. The first-order valence-corrected chi connectivity index (χ1v) is 6.62. The Morgan fingerprint density at radius 3 is 2.75 bits per heavy atom. The molecule has 1 saturated heterocycles. The fourth-order valence-electron chi connectivity index (χ4n) is 2.11. The van der Waals surface area contributed by atoms with Crippen LogP contribution in [0.1, 0.15) is 33.1 Å². The van der Waals surface area contributed by atoms with E-state index >= 15 is 0 Å². The number of hydrogen-bond acceptors (Lipinski definition) is 3. The molecule has 1 unspecified atom stereocenters. The lowest BCUT2D eigenvalue weighted by Crippen LogP contribution is -2.35. The Labute approximate surface area is 100 Å². The van der Waals surface area contributed by atoms with Gasteiger partial charge in [-0.1, -0.05) is 12.2 Å². The second-order valence-electron chi connectivity index (χ2n) is 4.60. The molecule has 0 saturated carbocycles. The molecule has 1 atom stereocenters. The van der Waals surface area contributed by atoms with Crippen molar-refractivity contribution in [3.05, 3.63) is 12.2 Å². The van der Waals surface area contributed by atoms with Crippen LogP contribution in [-0.2, 0) is 0 Å². The van der Waals surface area contributed by atoms with Gasteiger partial charge in [-0.15, -0.1) is 0 Å². The molecule has 0 aromatic carbocycles. The summed E-state index contributed by atoms with van der Waals surface area (Å²) < 4.78 is 0. The van der Waals surface area contributed by atoms with E-state index in [4.69, 9.17) is 0 Å². The van der Waals surface area contributed by atoms with Crippen molar-refractivity contribution in [1.82, 2.24) is 15.5 Å². The van der Waals surface area contributed by atoms with Gasteiger partial charge < -0.3 is 10.2 Å². The second-order valence-corrected chi connectivity index (χ2v) is 4.60. The highest BCUT2D eigenvalue weighted by Crippen LogP contribution is 2.06. The third-order valence-corrected chi connectivity index (χ3v) is 3.06. The van der Waals surface area contributed by atoms with Crippen LogP contribution in [0.4, 0.5) is 0 Å². The summed E-state index contributed by atoms with van der Waals surface area (Å²) in [5.41, 5.74) is 0. The van der Waals surface area contributed by atoms with Gasteiger partial charge in [-0.3, -0.25) is 5.32 Å². The lowest BCUT2D eigenvalue weighted by Gasteiger charge is -2.15. The van der Waals surface area contributed by atoms with Crippen LogP contribution in [0.15, 0.2) is 12.2 Å². The van der Waals surface area contributed by atoms with E-state index in [0.29, 0.717) is 6.04 Å². The van der Waals surface area contributed by atoms with Gasteiger partial charge in [0.15, 0.2) is 0 Å². The minimum absolute atomic E-state index is 0.469. The highest BCUT2D eigenvalue weighted by Gasteiger charge is 2.09. The van der Waals surface area contributed by atoms with Crippen molar-refractivity contribution in [2.45, 2.75) is 39.2 Å². The van der Waals surface area contributed by atoms with Crippen LogP contribution in [0.5, 0.6) is 0 Å². The zero-order valence-corrected chi connectivity index (χ0v) is 10.8. The van der Waals surface area contributed by atoms with Crippen molar-refractivity contribution in [2.24, 2.45) is 0 Å². The number of nitrogens with zero attached hydrogens (tertiary/aromatic N) is 1. The Morgan fingerprint density at radius 1 is 1.31 bits per heavy atom. The molecule has 3 nitrogen and oxygen atoms in total. The first-order valence-electron chi connectivity index (χ1n) is 6.62. The first kappa shape index (κ1) is 13.7. The standard InChI is InChI=1S/C13H27N3/c1-3-7-13(2)15-12-14-8-6-11-16-9-4-5-10-16/h3,7,13-15H,4-6,8-12H2,1-2H3/b7-3-. The van der Waals surface area contributed by atoms with Crippen LogP contribution in [-0.4, -0.2) is 43.8 Å². The summed E-state index contributed by atoms with van der Waals surface area (Å²) in [4.78, 5) is 2.57.